The monoisotopic (exact) mass is 392 g/mol. The smallest absolute Gasteiger partial charge is 0.222 e. The van der Waals surface area contributed by atoms with Crippen LogP contribution in [0.2, 0.25) is 0 Å². The first kappa shape index (κ1) is 19.6. The molecule has 1 unspecified atom stereocenters. The lowest BCUT2D eigenvalue weighted by Gasteiger charge is -2.58. The van der Waals surface area contributed by atoms with Crippen LogP contribution >= 0.6 is 0 Å². The van der Waals surface area contributed by atoms with Crippen LogP contribution in [0, 0.1) is 34.5 Å². The molecule has 0 spiro atoms. The van der Waals surface area contributed by atoms with Crippen molar-refractivity contribution in [1.82, 2.24) is 0 Å². The molecule has 28 heavy (non-hydrogen) atoms. The number of alkyl halides is 1. The zero-order chi connectivity index (χ0) is 20.6. The molecule has 4 aliphatic rings. The number of Topliss-reactive ketones (excluding diaryl/α,β-unsaturated/α-hetero) is 2. The highest BCUT2D eigenvalue weighted by molar-refractivity contribution is 6.43. The van der Waals surface area contributed by atoms with E-state index in [4.69, 9.17) is 0 Å². The molecular weight excluding hydrogens is 366 g/mol. The van der Waals surface area contributed by atoms with E-state index in [1.807, 2.05) is 13.8 Å². The second-order valence-corrected chi connectivity index (χ2v) is 9.51. The number of hydrogen-bond acceptors (Lipinski definition) is 4. The summed E-state index contributed by atoms with van der Waals surface area (Å²) in [5.74, 6) is -3.62. The topological polar surface area (TPSA) is 71.4 Å². The van der Waals surface area contributed by atoms with Crippen LogP contribution in [0.15, 0.2) is 23.6 Å². The van der Waals surface area contributed by atoms with Gasteiger partial charge < -0.3 is 5.11 Å². The summed E-state index contributed by atoms with van der Waals surface area (Å²) in [6, 6.07) is 0. The van der Waals surface area contributed by atoms with E-state index in [1.54, 1.807) is 6.92 Å². The lowest BCUT2D eigenvalue weighted by atomic mass is 9.46. The normalized spacial score (nSPS) is 47.6. The van der Waals surface area contributed by atoms with Gasteiger partial charge in [-0.05, 0) is 61.2 Å². The van der Waals surface area contributed by atoms with Crippen LogP contribution in [0.25, 0.3) is 0 Å². The van der Waals surface area contributed by atoms with Crippen molar-refractivity contribution < 1.29 is 28.3 Å². The second-order valence-electron chi connectivity index (χ2n) is 9.51. The van der Waals surface area contributed by atoms with Crippen molar-refractivity contribution in [3.63, 3.8) is 0 Å². The molecule has 0 heterocycles. The van der Waals surface area contributed by atoms with Gasteiger partial charge in [-0.15, -0.1) is 0 Å². The first-order valence-electron chi connectivity index (χ1n) is 10.0. The van der Waals surface area contributed by atoms with Crippen molar-refractivity contribution in [2.75, 3.05) is 6.67 Å². The number of allylic oxidation sites excluding steroid dienone is 4. The van der Waals surface area contributed by atoms with Crippen LogP contribution in [0.3, 0.4) is 0 Å². The highest BCUT2D eigenvalue weighted by Crippen LogP contribution is 2.67. The van der Waals surface area contributed by atoms with Gasteiger partial charge in [0, 0.05) is 16.7 Å². The van der Waals surface area contributed by atoms with Gasteiger partial charge in [-0.3, -0.25) is 14.4 Å². The van der Waals surface area contributed by atoms with Crippen LogP contribution in [-0.2, 0) is 14.4 Å². The maximum absolute atomic E-state index is 15.1. The number of carbonyl (C=O) groups excluding carboxylic acids is 3. The first-order chi connectivity index (χ1) is 13.0. The fourth-order valence-corrected chi connectivity index (χ4v) is 6.90. The lowest BCUT2D eigenvalue weighted by Crippen LogP contribution is -2.59. The molecule has 4 aliphatic carbocycles. The van der Waals surface area contributed by atoms with Crippen LogP contribution in [-0.4, -0.2) is 34.7 Å². The minimum Gasteiger partial charge on any atom is -0.381 e. The summed E-state index contributed by atoms with van der Waals surface area (Å²) in [5, 5.41) is 11.1. The molecule has 1 N–H and O–H groups in total. The maximum atomic E-state index is 15.1. The van der Waals surface area contributed by atoms with Crippen LogP contribution in [0.1, 0.15) is 46.5 Å². The Morgan fingerprint density at radius 1 is 1.21 bits per heavy atom. The van der Waals surface area contributed by atoms with Gasteiger partial charge in [0.05, 0.1) is 0 Å². The van der Waals surface area contributed by atoms with Crippen molar-refractivity contribution in [2.24, 2.45) is 34.5 Å². The summed E-state index contributed by atoms with van der Waals surface area (Å²) in [4.78, 5) is 36.7. The van der Waals surface area contributed by atoms with Gasteiger partial charge in [-0.1, -0.05) is 20.8 Å². The van der Waals surface area contributed by atoms with Gasteiger partial charge in [0.1, 0.15) is 11.4 Å². The third-order valence-electron chi connectivity index (χ3n) is 8.82. The molecule has 0 radical (unpaired) electrons. The molecule has 0 amide bonds. The Hall–Kier alpha value is -1.69. The van der Waals surface area contributed by atoms with E-state index in [1.165, 1.54) is 6.08 Å². The van der Waals surface area contributed by atoms with Crippen LogP contribution < -0.4 is 0 Å². The minimum absolute atomic E-state index is 0.0776. The Bertz CT molecular complexity index is 845. The summed E-state index contributed by atoms with van der Waals surface area (Å²) >= 11 is 0. The van der Waals surface area contributed by atoms with E-state index in [-0.39, 0.29) is 24.2 Å². The highest BCUT2D eigenvalue weighted by atomic mass is 19.1. The summed E-state index contributed by atoms with van der Waals surface area (Å²) in [5.41, 5.74) is -3.07. The zero-order valence-electron chi connectivity index (χ0n) is 16.4. The molecule has 0 bridgehead atoms. The number of rotatable bonds is 2. The number of ketones is 3. The van der Waals surface area contributed by atoms with E-state index < -0.39 is 52.2 Å². The zero-order valence-corrected chi connectivity index (χ0v) is 16.4. The molecular formula is C22H26F2O4. The molecule has 0 aliphatic heterocycles. The van der Waals surface area contributed by atoms with E-state index in [0.717, 1.165) is 6.08 Å². The Morgan fingerprint density at radius 3 is 2.50 bits per heavy atom. The number of halogens is 2. The third kappa shape index (κ3) is 2.10. The molecule has 4 nitrogen and oxygen atoms in total. The number of hydrogen-bond donors (Lipinski definition) is 1. The van der Waals surface area contributed by atoms with Gasteiger partial charge in [-0.2, -0.15) is 0 Å². The summed E-state index contributed by atoms with van der Waals surface area (Å²) in [7, 11) is 0. The molecule has 152 valence electrons. The quantitative estimate of drug-likeness (QED) is 0.732. The largest absolute Gasteiger partial charge is 0.381 e. The van der Waals surface area contributed by atoms with Gasteiger partial charge in [-0.25, -0.2) is 8.78 Å². The molecule has 0 aromatic heterocycles. The van der Waals surface area contributed by atoms with E-state index in [9.17, 15) is 23.9 Å². The van der Waals surface area contributed by atoms with Crippen molar-refractivity contribution in [3.05, 3.63) is 23.6 Å². The van der Waals surface area contributed by atoms with E-state index >= 15 is 4.39 Å². The average Bonchev–Trinajstić information content (AvgIpc) is 2.94. The molecule has 6 heteroatoms. The highest BCUT2D eigenvalue weighted by Gasteiger charge is 2.67. The lowest BCUT2D eigenvalue weighted by molar-refractivity contribution is -0.161. The van der Waals surface area contributed by atoms with Crippen LogP contribution in [0.5, 0.6) is 0 Å². The predicted octanol–water partition coefficient (Wildman–Crippen LogP) is 3.29. The summed E-state index contributed by atoms with van der Waals surface area (Å²) in [6.07, 6.45) is 4.40. The molecule has 2 saturated carbocycles. The summed E-state index contributed by atoms with van der Waals surface area (Å²) in [6.45, 7) is 4.14. The number of aliphatic hydroxyl groups is 1. The number of carbonyl (C=O) groups is 3. The Morgan fingerprint density at radius 2 is 1.86 bits per heavy atom. The molecule has 0 aromatic rings. The van der Waals surface area contributed by atoms with Gasteiger partial charge in [0.15, 0.2) is 12.5 Å². The second kappa shape index (κ2) is 5.91. The van der Waals surface area contributed by atoms with Gasteiger partial charge >= 0.3 is 0 Å². The van der Waals surface area contributed by atoms with Crippen molar-refractivity contribution in [2.45, 2.75) is 52.1 Å². The molecule has 7 atom stereocenters. The first-order valence-corrected chi connectivity index (χ1v) is 10.0. The summed E-state index contributed by atoms with van der Waals surface area (Å²) < 4.78 is 28.3. The Labute approximate surface area is 163 Å². The number of fused-ring (bicyclic) bond motifs is 5. The van der Waals surface area contributed by atoms with Crippen LogP contribution in [0.4, 0.5) is 8.78 Å². The van der Waals surface area contributed by atoms with E-state index in [0.29, 0.717) is 24.8 Å². The average molecular weight is 392 g/mol. The third-order valence-corrected chi connectivity index (χ3v) is 8.82. The van der Waals surface area contributed by atoms with Crippen molar-refractivity contribution in [1.29, 1.82) is 0 Å². The minimum atomic E-state index is -1.73. The standard InChI is InChI=1S/C22H26F2O4/c1-11-19(27)17(25)9-15-16(24)8-12-13-5-7-22(28,18(26)10-23)20(13,2)6-4-14(12)21(11,15)3/h8-9,11-14,28H,4-7,10H2,1-3H3/t11?,12-,13-,14-,20-,21+,22-/m0/s1. The Kier molecular flexibility index (Phi) is 4.14. The fourth-order valence-electron chi connectivity index (χ4n) is 6.90. The molecule has 4 rings (SSSR count). The van der Waals surface area contributed by atoms with Gasteiger partial charge in [0.25, 0.3) is 0 Å². The molecule has 0 aromatic carbocycles. The van der Waals surface area contributed by atoms with Crippen molar-refractivity contribution in [3.8, 4) is 0 Å². The fraction of sp³-hybridized carbons (Fsp3) is 0.682. The van der Waals surface area contributed by atoms with Gasteiger partial charge in [0.2, 0.25) is 11.6 Å². The SMILES string of the molecule is CC1C(=O)C(=O)C=C2C(F)=C[C@H]3[C@@H]4CC[C@](O)(C(=O)CF)[C@@]4(C)CC[C@@H]3[C@]21C. The molecule has 2 fully saturated rings. The maximum Gasteiger partial charge on any atom is 0.222 e. The van der Waals surface area contributed by atoms with E-state index in [2.05, 4.69) is 0 Å². The van der Waals surface area contributed by atoms with Crippen molar-refractivity contribution >= 4 is 17.3 Å². The Balaban J connectivity index is 1.82. The molecule has 0 saturated heterocycles. The predicted molar refractivity (Wildman–Crippen MR) is 97.5 cm³/mol.